The average molecular weight is 640 g/mol. The maximum atomic E-state index is 11.6. The fourth-order valence-electron chi connectivity index (χ4n) is 3.70. The molecule has 0 aliphatic heterocycles. The lowest BCUT2D eigenvalue weighted by atomic mass is 9.99. The van der Waals surface area contributed by atoms with E-state index in [1.54, 1.807) is 17.5 Å². The summed E-state index contributed by atoms with van der Waals surface area (Å²) in [6.07, 6.45) is 2.95. The summed E-state index contributed by atoms with van der Waals surface area (Å²) in [5, 5.41) is 7.77. The molecule has 0 N–H and O–H groups in total. The van der Waals surface area contributed by atoms with Gasteiger partial charge in [0.1, 0.15) is 0 Å². The predicted octanol–water partition coefficient (Wildman–Crippen LogP) is 13.0. The summed E-state index contributed by atoms with van der Waals surface area (Å²) in [7, 11) is -3.23. The predicted molar refractivity (Wildman–Crippen MR) is 203 cm³/mol. The fourth-order valence-corrected chi connectivity index (χ4v) is 4.98. The lowest BCUT2D eigenvalue weighted by molar-refractivity contribution is 0.595. The number of aromatic nitrogens is 1. The van der Waals surface area contributed by atoms with Crippen LogP contribution in [-0.4, -0.2) is 18.6 Å². The van der Waals surface area contributed by atoms with Crippen LogP contribution in [0.3, 0.4) is 0 Å². The van der Waals surface area contributed by atoms with E-state index in [-0.39, 0.29) is 0 Å². The van der Waals surface area contributed by atoms with E-state index in [0.717, 1.165) is 22.4 Å². The molecule has 3 aromatic carbocycles. The van der Waals surface area contributed by atoms with Crippen molar-refractivity contribution in [2.75, 3.05) is 6.26 Å². The summed E-state index contributed by atoms with van der Waals surface area (Å²) in [6, 6.07) is 26.8. The lowest BCUT2D eigenvalue weighted by Crippen LogP contribution is -2.08. The van der Waals surface area contributed by atoms with E-state index >= 15 is 0 Å². The third-order valence-corrected chi connectivity index (χ3v) is 7.20. The number of para-hydroxylation sites is 1. The zero-order valence-corrected chi connectivity index (χ0v) is 31.7. The highest BCUT2D eigenvalue weighted by Crippen LogP contribution is 2.28. The van der Waals surface area contributed by atoms with Crippen LogP contribution in [0.25, 0.3) is 21.7 Å². The molecule has 0 saturated heterocycles. The Bertz CT molecular complexity index is 1460. The van der Waals surface area contributed by atoms with Crippen LogP contribution >= 0.6 is 11.3 Å². The van der Waals surface area contributed by atoms with Gasteiger partial charge >= 0.3 is 0 Å². The Balaban J connectivity index is 0. The van der Waals surface area contributed by atoms with Crippen molar-refractivity contribution in [2.45, 2.75) is 102 Å². The van der Waals surface area contributed by atoms with E-state index in [2.05, 4.69) is 90.9 Å². The summed E-state index contributed by atoms with van der Waals surface area (Å²) >= 11 is 1.71. The molecule has 0 atom stereocenters. The molecule has 0 amide bonds. The molecule has 44 heavy (non-hydrogen) atoms. The molecule has 0 radical (unpaired) electrons. The highest BCUT2D eigenvalue weighted by Gasteiger charge is 2.15. The van der Waals surface area contributed by atoms with Gasteiger partial charge in [0.2, 0.25) is 10.0 Å². The van der Waals surface area contributed by atoms with Gasteiger partial charge in [-0.2, -0.15) is 11.3 Å². The molecule has 0 aliphatic carbocycles. The van der Waals surface area contributed by atoms with Crippen LogP contribution in [-0.2, 0) is 10.0 Å². The van der Waals surface area contributed by atoms with Gasteiger partial charge in [-0.25, -0.2) is 12.4 Å². The van der Waals surface area contributed by atoms with Crippen LogP contribution in [0.2, 0.25) is 0 Å². The van der Waals surface area contributed by atoms with E-state index < -0.39 is 10.0 Å². The third-order valence-electron chi connectivity index (χ3n) is 5.55. The van der Waals surface area contributed by atoms with Crippen molar-refractivity contribution in [3.8, 4) is 0 Å². The number of thiophene rings is 1. The Morgan fingerprint density at radius 2 is 1.09 bits per heavy atom. The molecule has 5 rings (SSSR count). The zero-order valence-electron chi connectivity index (χ0n) is 30.0. The van der Waals surface area contributed by atoms with Crippen molar-refractivity contribution < 1.29 is 8.42 Å². The second-order valence-electron chi connectivity index (χ2n) is 10.6. The van der Waals surface area contributed by atoms with Crippen LogP contribution in [0.4, 0.5) is 0 Å². The molecular formula is C39H61NO2S2. The van der Waals surface area contributed by atoms with E-state index in [4.69, 9.17) is 0 Å². The maximum Gasteiger partial charge on any atom is 0.236 e. The van der Waals surface area contributed by atoms with Crippen LogP contribution < -0.4 is 0 Å². The van der Waals surface area contributed by atoms with Gasteiger partial charge in [-0.1, -0.05) is 163 Å². The standard InChI is InChI=1S/C13H14.C12H15NO2S.C4H4S.C4H10.3C2H6/c1-10(2)12-8-7-11-5-3-4-6-13(11)9-12;1-9(2)11-8-13(16(3,14)15)12-7-5-4-6-10(11)12;1-2-4-5-3-1;1-4(2)3;3*1-2/h3-10H,1-2H3;4-9H,1-3H3;1-4H;4H,1-3H3;3*1-2H3. The summed E-state index contributed by atoms with van der Waals surface area (Å²) in [6.45, 7) is 27.1. The monoisotopic (exact) mass is 639 g/mol. The number of benzene rings is 3. The van der Waals surface area contributed by atoms with Crippen molar-refractivity contribution in [1.29, 1.82) is 0 Å². The molecule has 0 unspecified atom stereocenters. The maximum absolute atomic E-state index is 11.6. The molecule has 5 aromatic rings. The third kappa shape index (κ3) is 16.3. The molecule has 5 heteroatoms. The molecular weight excluding hydrogens is 579 g/mol. The molecule has 0 saturated carbocycles. The fraction of sp³-hybridized carbons (Fsp3) is 0.436. The van der Waals surface area contributed by atoms with Gasteiger partial charge in [0, 0.05) is 11.6 Å². The first kappa shape index (κ1) is 43.2. The Kier molecular flexibility index (Phi) is 24.0. The van der Waals surface area contributed by atoms with E-state index in [1.807, 2.05) is 88.7 Å². The molecule has 0 fully saturated rings. The van der Waals surface area contributed by atoms with E-state index in [1.165, 1.54) is 26.6 Å². The Morgan fingerprint density at radius 3 is 1.52 bits per heavy atom. The first-order valence-electron chi connectivity index (χ1n) is 16.2. The summed E-state index contributed by atoms with van der Waals surface area (Å²) in [5.41, 5.74) is 3.24. The van der Waals surface area contributed by atoms with Crippen LogP contribution in [0.15, 0.2) is 95.8 Å². The summed E-state index contributed by atoms with van der Waals surface area (Å²) < 4.78 is 24.7. The van der Waals surface area contributed by atoms with Gasteiger partial charge in [-0.15, -0.1) is 0 Å². The second-order valence-corrected chi connectivity index (χ2v) is 13.3. The minimum atomic E-state index is -3.23. The zero-order chi connectivity index (χ0) is 34.3. The van der Waals surface area contributed by atoms with Gasteiger partial charge in [-0.05, 0) is 56.5 Å². The van der Waals surface area contributed by atoms with Gasteiger partial charge < -0.3 is 0 Å². The largest absolute Gasteiger partial charge is 0.245 e. The number of nitrogens with zero attached hydrogens (tertiary/aromatic N) is 1. The van der Waals surface area contributed by atoms with Gasteiger partial charge in [0.25, 0.3) is 0 Å². The smallest absolute Gasteiger partial charge is 0.236 e. The van der Waals surface area contributed by atoms with Crippen molar-refractivity contribution in [2.24, 2.45) is 5.92 Å². The topological polar surface area (TPSA) is 39.1 Å². The quantitative estimate of drug-likeness (QED) is 0.197. The first-order chi connectivity index (χ1) is 20.9. The van der Waals surface area contributed by atoms with Crippen molar-refractivity contribution in [3.05, 3.63) is 107 Å². The van der Waals surface area contributed by atoms with Crippen molar-refractivity contribution in [3.63, 3.8) is 0 Å². The minimum Gasteiger partial charge on any atom is -0.245 e. The van der Waals surface area contributed by atoms with Crippen LogP contribution in [0, 0.1) is 5.92 Å². The van der Waals surface area contributed by atoms with Gasteiger partial charge in [0.15, 0.2) is 0 Å². The Morgan fingerprint density at radius 1 is 0.614 bits per heavy atom. The molecule has 0 aliphatic rings. The van der Waals surface area contributed by atoms with Crippen molar-refractivity contribution in [1.82, 2.24) is 3.97 Å². The van der Waals surface area contributed by atoms with Gasteiger partial charge in [0.05, 0.1) is 11.8 Å². The number of hydrogen-bond acceptors (Lipinski definition) is 3. The molecule has 3 nitrogen and oxygen atoms in total. The molecule has 2 aromatic heterocycles. The highest BCUT2D eigenvalue weighted by atomic mass is 32.2. The normalized spacial score (nSPS) is 9.93. The summed E-state index contributed by atoms with van der Waals surface area (Å²) in [4.78, 5) is 0. The molecule has 0 bridgehead atoms. The second kappa shape index (κ2) is 24.4. The average Bonchev–Trinajstić information content (AvgIpc) is 3.72. The van der Waals surface area contributed by atoms with Gasteiger partial charge in [-0.3, -0.25) is 0 Å². The summed E-state index contributed by atoms with van der Waals surface area (Å²) in [5.74, 6) is 1.76. The molecule has 2 heterocycles. The SMILES string of the molecule is CC.CC.CC.CC(C)C.CC(C)c1ccc2ccccc2c1.CC(C)c1cn(S(C)(=O)=O)c2ccccc12.c1ccsc1. The van der Waals surface area contributed by atoms with Crippen LogP contribution in [0.5, 0.6) is 0 Å². The minimum absolute atomic E-state index is 0.313. The van der Waals surface area contributed by atoms with Crippen LogP contribution in [0.1, 0.15) is 113 Å². The first-order valence-corrected chi connectivity index (χ1v) is 19.0. The Labute approximate surface area is 275 Å². The Hall–Kier alpha value is -2.89. The number of hydrogen-bond donors (Lipinski definition) is 0. The molecule has 0 spiro atoms. The van der Waals surface area contributed by atoms with E-state index in [9.17, 15) is 8.42 Å². The van der Waals surface area contributed by atoms with Crippen molar-refractivity contribution >= 4 is 43.0 Å². The lowest BCUT2D eigenvalue weighted by Gasteiger charge is -2.06. The number of rotatable bonds is 3. The number of fused-ring (bicyclic) bond motifs is 2. The highest BCUT2D eigenvalue weighted by molar-refractivity contribution is 7.89. The van der Waals surface area contributed by atoms with E-state index in [0.29, 0.717) is 11.8 Å². The molecule has 246 valence electrons.